The summed E-state index contributed by atoms with van der Waals surface area (Å²) in [7, 11) is 0. The van der Waals surface area contributed by atoms with Crippen LogP contribution < -0.4 is 21.6 Å². The highest BCUT2D eigenvalue weighted by Gasteiger charge is 2.67. The number of hydrogen-bond acceptors (Lipinski definition) is 7. The van der Waals surface area contributed by atoms with E-state index in [-0.39, 0.29) is 46.0 Å². The fourth-order valence-corrected chi connectivity index (χ4v) is 5.14. The third-order valence-electron chi connectivity index (χ3n) is 7.88. The van der Waals surface area contributed by atoms with E-state index in [2.05, 4.69) is 37.5 Å². The topological polar surface area (TPSA) is 77.1 Å². The molecule has 1 aliphatic carbocycles. The number of hydrazine groups is 2. The third kappa shape index (κ3) is 5.66. The molecular weight excluding hydrogens is 615 g/mol. The molecule has 0 amide bonds. The van der Waals surface area contributed by atoms with Gasteiger partial charge >= 0.3 is 12.4 Å². The number of benzene rings is 1. The molecule has 1 saturated carbocycles. The van der Waals surface area contributed by atoms with Crippen molar-refractivity contribution in [3.63, 3.8) is 0 Å². The molecule has 0 spiro atoms. The molecule has 2 aliphatic rings. The van der Waals surface area contributed by atoms with E-state index in [0.717, 1.165) is 24.9 Å². The minimum Gasteiger partial charge on any atom is -0.383 e. The Balaban J connectivity index is 1.57. The van der Waals surface area contributed by atoms with Crippen LogP contribution in [0.15, 0.2) is 42.4 Å². The molecule has 2 aromatic heterocycles. The summed E-state index contributed by atoms with van der Waals surface area (Å²) in [6.07, 6.45) is -0.952. The van der Waals surface area contributed by atoms with Gasteiger partial charge in [-0.3, -0.25) is 9.99 Å². The van der Waals surface area contributed by atoms with Crippen LogP contribution in [0.2, 0.25) is 5.02 Å². The summed E-state index contributed by atoms with van der Waals surface area (Å²) in [5.41, 5.74) is 3.09. The van der Waals surface area contributed by atoms with Crippen LogP contribution in [0.3, 0.4) is 0 Å². The van der Waals surface area contributed by atoms with Crippen molar-refractivity contribution in [3.05, 3.63) is 70.2 Å². The van der Waals surface area contributed by atoms with Crippen molar-refractivity contribution in [2.24, 2.45) is 5.41 Å². The van der Waals surface area contributed by atoms with Crippen molar-refractivity contribution in [1.82, 2.24) is 25.9 Å². The van der Waals surface area contributed by atoms with Crippen molar-refractivity contribution in [1.29, 1.82) is 0 Å². The Kier molecular flexibility index (Phi) is 7.78. The molecular formula is C29H27ClF7N7. The molecule has 1 atom stereocenters. The molecule has 1 aromatic carbocycles. The van der Waals surface area contributed by atoms with E-state index in [1.165, 1.54) is 24.5 Å². The van der Waals surface area contributed by atoms with Gasteiger partial charge in [0.25, 0.3) is 0 Å². The lowest BCUT2D eigenvalue weighted by atomic mass is 9.92. The highest BCUT2D eigenvalue weighted by molar-refractivity contribution is 6.35. The molecule has 0 bridgehead atoms. The number of alkyl halides is 6. The zero-order valence-electron chi connectivity index (χ0n) is 23.6. The fraction of sp³-hybridized carbons (Fsp3) is 0.379. The number of halogens is 8. The molecule has 7 nitrogen and oxygen atoms in total. The second-order valence-corrected chi connectivity index (χ2v) is 11.8. The molecule has 0 unspecified atom stereocenters. The number of pyridine rings is 2. The van der Waals surface area contributed by atoms with E-state index in [1.54, 1.807) is 13.0 Å². The first kappa shape index (κ1) is 31.5. The van der Waals surface area contributed by atoms with Gasteiger partial charge in [-0.25, -0.2) is 4.98 Å². The van der Waals surface area contributed by atoms with Gasteiger partial charge in [0.15, 0.2) is 5.54 Å². The SMILES string of the molecule is C#Cc1cnc2c(Cl)cc(N[C@H](C3=CN(C4(C(F)(F)F)CC4)NN3)c3ccc(F)nc3C)cc2c1NCC(C)(C)C(F)(F)F. The van der Waals surface area contributed by atoms with Crippen LogP contribution in [-0.2, 0) is 0 Å². The lowest BCUT2D eigenvalue weighted by Crippen LogP contribution is -2.52. The van der Waals surface area contributed by atoms with E-state index in [4.69, 9.17) is 18.0 Å². The minimum atomic E-state index is -4.51. The lowest BCUT2D eigenvalue weighted by Gasteiger charge is -2.29. The van der Waals surface area contributed by atoms with E-state index >= 15 is 0 Å². The van der Waals surface area contributed by atoms with Gasteiger partial charge in [0.1, 0.15) is 0 Å². The summed E-state index contributed by atoms with van der Waals surface area (Å²) in [6, 6.07) is 4.74. The number of aromatic nitrogens is 2. The molecule has 4 N–H and O–H groups in total. The van der Waals surface area contributed by atoms with Gasteiger partial charge in [-0.1, -0.05) is 23.6 Å². The van der Waals surface area contributed by atoms with Crippen LogP contribution in [0.25, 0.3) is 10.9 Å². The number of hydrogen-bond donors (Lipinski definition) is 4. The molecule has 5 rings (SSSR count). The molecule has 3 aromatic rings. The molecule has 0 radical (unpaired) electrons. The number of nitrogens with zero attached hydrogens (tertiary/aromatic N) is 3. The van der Waals surface area contributed by atoms with Gasteiger partial charge in [-0.05, 0) is 51.8 Å². The summed E-state index contributed by atoms with van der Waals surface area (Å²) in [5, 5.41) is 7.43. The summed E-state index contributed by atoms with van der Waals surface area (Å²) in [5.74, 6) is 1.68. The molecule has 3 heterocycles. The molecule has 15 heteroatoms. The zero-order valence-corrected chi connectivity index (χ0v) is 24.4. The van der Waals surface area contributed by atoms with Gasteiger partial charge in [0.05, 0.1) is 38.9 Å². The average molecular weight is 642 g/mol. The van der Waals surface area contributed by atoms with E-state index in [0.29, 0.717) is 16.6 Å². The number of rotatable bonds is 8. The van der Waals surface area contributed by atoms with E-state index in [1.807, 2.05) is 0 Å². The van der Waals surface area contributed by atoms with Crippen molar-refractivity contribution in [2.45, 2.75) is 57.5 Å². The van der Waals surface area contributed by atoms with E-state index in [9.17, 15) is 30.7 Å². The third-order valence-corrected chi connectivity index (χ3v) is 8.17. The van der Waals surface area contributed by atoms with Crippen LogP contribution >= 0.6 is 11.6 Å². The highest BCUT2D eigenvalue weighted by Crippen LogP contribution is 2.54. The second kappa shape index (κ2) is 10.9. The Morgan fingerprint density at radius 1 is 1.16 bits per heavy atom. The van der Waals surface area contributed by atoms with Gasteiger partial charge in [-0.2, -0.15) is 30.7 Å². The lowest BCUT2D eigenvalue weighted by molar-refractivity contribution is -0.206. The summed E-state index contributed by atoms with van der Waals surface area (Å²) in [6.45, 7) is 3.13. The number of aryl methyl sites for hydroxylation is 1. The van der Waals surface area contributed by atoms with Gasteiger partial charge in [0, 0.05) is 41.3 Å². The Morgan fingerprint density at radius 2 is 1.86 bits per heavy atom. The summed E-state index contributed by atoms with van der Waals surface area (Å²) in [4.78, 5) is 8.15. The number of fused-ring (bicyclic) bond motifs is 1. The predicted molar refractivity (Wildman–Crippen MR) is 153 cm³/mol. The Labute approximate surface area is 253 Å². The predicted octanol–water partition coefficient (Wildman–Crippen LogP) is 7.13. The van der Waals surface area contributed by atoms with Crippen LogP contribution in [0.1, 0.15) is 49.6 Å². The van der Waals surface area contributed by atoms with Crippen LogP contribution in [-0.4, -0.2) is 39.4 Å². The highest BCUT2D eigenvalue weighted by atomic mass is 35.5. The molecule has 0 saturated heterocycles. The quantitative estimate of drug-likeness (QED) is 0.119. The normalized spacial score (nSPS) is 17.1. The van der Waals surface area contributed by atoms with Crippen molar-refractivity contribution in [3.8, 4) is 12.3 Å². The smallest absolute Gasteiger partial charge is 0.383 e. The van der Waals surface area contributed by atoms with Gasteiger partial charge in [-0.15, -0.1) is 12.0 Å². The van der Waals surface area contributed by atoms with Crippen molar-refractivity contribution < 1.29 is 30.7 Å². The zero-order chi connectivity index (χ0) is 32.2. The minimum absolute atomic E-state index is 0.101. The number of nitrogens with one attached hydrogen (secondary N) is 4. The largest absolute Gasteiger partial charge is 0.413 e. The first-order valence-electron chi connectivity index (χ1n) is 13.4. The van der Waals surface area contributed by atoms with E-state index < -0.39 is 41.8 Å². The maximum atomic E-state index is 13.9. The Bertz CT molecular complexity index is 1670. The van der Waals surface area contributed by atoms with Crippen molar-refractivity contribution in [2.75, 3.05) is 17.2 Å². The average Bonchev–Trinajstić information content (AvgIpc) is 3.61. The summed E-state index contributed by atoms with van der Waals surface area (Å²) < 4.78 is 96.3. The standard InChI is InChI=1S/C29H27ClF7N7/c1-5-16-12-38-24-19(23(16)39-14-26(3,4)28(32,33)34)10-17(11-20(24)30)41-25(18-6-7-22(31)40-15(18)2)21-13-44(43-42-21)27(8-9-27)29(35,36)37/h1,6-7,10-13,25,41-43H,8-9,14H2,2-4H3,(H,38,39)/t25-/m0/s1. The molecule has 1 fully saturated rings. The van der Waals surface area contributed by atoms with Crippen LogP contribution in [0, 0.1) is 30.6 Å². The molecule has 44 heavy (non-hydrogen) atoms. The molecule has 234 valence electrons. The number of anilines is 2. The monoisotopic (exact) mass is 641 g/mol. The summed E-state index contributed by atoms with van der Waals surface area (Å²) >= 11 is 6.58. The van der Waals surface area contributed by atoms with Crippen LogP contribution in [0.5, 0.6) is 0 Å². The van der Waals surface area contributed by atoms with Crippen molar-refractivity contribution >= 4 is 33.9 Å². The Hall–Kier alpha value is -3.96. The first-order valence-corrected chi connectivity index (χ1v) is 13.7. The maximum absolute atomic E-state index is 13.9. The van der Waals surface area contributed by atoms with Gasteiger partial charge in [0.2, 0.25) is 5.95 Å². The second-order valence-electron chi connectivity index (χ2n) is 11.4. The number of terminal acetylenes is 1. The van der Waals surface area contributed by atoms with Gasteiger partial charge < -0.3 is 16.1 Å². The first-order chi connectivity index (χ1) is 20.5. The van der Waals surface area contributed by atoms with Crippen LogP contribution in [0.4, 0.5) is 42.1 Å². The maximum Gasteiger partial charge on any atom is 0.413 e. The fourth-order valence-electron chi connectivity index (χ4n) is 4.87. The molecule has 1 aliphatic heterocycles. The Morgan fingerprint density at radius 3 is 2.45 bits per heavy atom.